The Hall–Kier alpha value is -3.20. The van der Waals surface area contributed by atoms with Gasteiger partial charge in [0.15, 0.2) is 0 Å². The van der Waals surface area contributed by atoms with Crippen molar-refractivity contribution in [3.63, 3.8) is 0 Å². The Morgan fingerprint density at radius 2 is 0.750 bits per heavy atom. The maximum atomic E-state index is 2.70. The second kappa shape index (κ2) is 13.8. The molecule has 2 atom stereocenters. The lowest BCUT2D eigenvalue weighted by Gasteiger charge is -2.43. The quantitative estimate of drug-likeness (QED) is 0.191. The molecule has 0 aliphatic carbocycles. The van der Waals surface area contributed by atoms with E-state index in [1.165, 1.54) is 22.3 Å². The van der Waals surface area contributed by atoms with E-state index in [-0.39, 0.29) is 12.1 Å². The molecular weight excluding hydrogens is 436 g/mol. The highest BCUT2D eigenvalue weighted by Gasteiger charge is 2.34. The van der Waals surface area contributed by atoms with Gasteiger partial charge in [0.25, 0.3) is 0 Å². The summed E-state index contributed by atoms with van der Waals surface area (Å²) < 4.78 is 0. The van der Waals surface area contributed by atoms with Crippen LogP contribution in [0.25, 0.3) is 0 Å². The molecule has 0 saturated carbocycles. The summed E-state index contributed by atoms with van der Waals surface area (Å²) in [6, 6.07) is 44.7. The van der Waals surface area contributed by atoms with Crippen molar-refractivity contribution < 1.29 is 0 Å². The lowest BCUT2D eigenvalue weighted by atomic mass is 9.89. The molecule has 0 unspecified atom stereocenters. The average molecular weight is 477 g/mol. The third-order valence-corrected chi connectivity index (χ3v) is 6.85. The molecule has 0 aliphatic heterocycles. The summed E-state index contributed by atoms with van der Waals surface area (Å²) in [6.45, 7) is 8.55. The predicted octanol–water partition coefficient (Wildman–Crippen LogP) is 8.29. The van der Waals surface area contributed by atoms with Crippen molar-refractivity contribution in [2.45, 2.75) is 51.9 Å². The van der Waals surface area contributed by atoms with Crippen LogP contribution in [0.15, 0.2) is 121 Å². The Balaban J connectivity index is 1.83. The molecule has 0 aliphatic rings. The van der Waals surface area contributed by atoms with E-state index in [1.54, 1.807) is 0 Å². The summed E-state index contributed by atoms with van der Waals surface area (Å²) in [7, 11) is 0. The van der Waals surface area contributed by atoms with Crippen molar-refractivity contribution in [1.82, 2.24) is 9.80 Å². The molecule has 0 amide bonds. The fourth-order valence-electron chi connectivity index (χ4n) is 5.33. The van der Waals surface area contributed by atoms with Gasteiger partial charge < -0.3 is 0 Å². The smallest absolute Gasteiger partial charge is 0.0548 e. The van der Waals surface area contributed by atoms with Crippen LogP contribution in [-0.4, -0.2) is 22.9 Å². The monoisotopic (exact) mass is 476 g/mol. The summed E-state index contributed by atoms with van der Waals surface area (Å²) >= 11 is 0. The maximum absolute atomic E-state index is 2.70. The summed E-state index contributed by atoms with van der Waals surface area (Å²) in [6.07, 6.45) is 2.23. The maximum Gasteiger partial charge on any atom is 0.0548 e. The van der Waals surface area contributed by atoms with E-state index in [0.29, 0.717) is 0 Å². The standard InChI is InChI=1S/C34H40N2/c1-3-25-35(27-29-17-9-5-10-18-29)33(31-21-13-7-14-22-31)34(32-23-15-8-16-24-32)36(26-4-2)28-30-19-11-6-12-20-30/h5-24,33-34H,3-4,25-28H2,1-2H3/t33-,34+. The highest BCUT2D eigenvalue weighted by Crippen LogP contribution is 2.40. The Bertz CT molecular complexity index is 1020. The molecule has 0 spiro atoms. The van der Waals surface area contributed by atoms with Gasteiger partial charge >= 0.3 is 0 Å². The third kappa shape index (κ3) is 6.94. The Labute approximate surface area is 218 Å². The van der Waals surface area contributed by atoms with Gasteiger partial charge in [-0.25, -0.2) is 0 Å². The number of nitrogens with zero attached hydrogens (tertiary/aromatic N) is 2. The molecule has 4 rings (SSSR count). The van der Waals surface area contributed by atoms with Gasteiger partial charge in [0, 0.05) is 13.1 Å². The molecule has 4 aromatic carbocycles. The predicted molar refractivity (Wildman–Crippen MR) is 153 cm³/mol. The van der Waals surface area contributed by atoms with E-state index in [0.717, 1.165) is 39.0 Å². The van der Waals surface area contributed by atoms with E-state index >= 15 is 0 Å². The Morgan fingerprint density at radius 3 is 1.06 bits per heavy atom. The first-order chi connectivity index (χ1) is 17.8. The van der Waals surface area contributed by atoms with Gasteiger partial charge in [0.05, 0.1) is 12.1 Å². The molecule has 0 heterocycles. The Morgan fingerprint density at radius 1 is 0.444 bits per heavy atom. The van der Waals surface area contributed by atoms with Crippen molar-refractivity contribution in [3.8, 4) is 0 Å². The molecule has 0 aromatic heterocycles. The lowest BCUT2D eigenvalue weighted by Crippen LogP contribution is -2.41. The zero-order valence-electron chi connectivity index (χ0n) is 21.8. The molecule has 0 radical (unpaired) electrons. The van der Waals surface area contributed by atoms with Gasteiger partial charge in [-0.1, -0.05) is 135 Å². The summed E-state index contributed by atoms with van der Waals surface area (Å²) in [5.74, 6) is 0. The number of hydrogen-bond acceptors (Lipinski definition) is 2. The summed E-state index contributed by atoms with van der Waals surface area (Å²) in [5, 5.41) is 0. The molecule has 4 aromatic rings. The normalized spacial score (nSPS) is 13.1. The number of benzene rings is 4. The molecule has 0 bridgehead atoms. The van der Waals surface area contributed by atoms with Gasteiger partial charge in [0.1, 0.15) is 0 Å². The van der Waals surface area contributed by atoms with Crippen LogP contribution in [0.3, 0.4) is 0 Å². The minimum atomic E-state index is 0.226. The SMILES string of the molecule is CCCN(Cc1ccccc1)[C@H](c1ccccc1)[C@H](c1ccccc1)N(CCC)Cc1ccccc1. The first-order valence-electron chi connectivity index (χ1n) is 13.5. The number of hydrogen-bond donors (Lipinski definition) is 0. The minimum absolute atomic E-state index is 0.226. The van der Waals surface area contributed by atoms with Crippen LogP contribution in [0.1, 0.15) is 61.0 Å². The Kier molecular flexibility index (Phi) is 9.90. The fourth-order valence-corrected chi connectivity index (χ4v) is 5.33. The van der Waals surface area contributed by atoms with Crippen molar-refractivity contribution in [1.29, 1.82) is 0 Å². The average Bonchev–Trinajstić information content (AvgIpc) is 2.93. The van der Waals surface area contributed by atoms with Gasteiger partial charge in [-0.2, -0.15) is 0 Å². The molecule has 2 heteroatoms. The van der Waals surface area contributed by atoms with Gasteiger partial charge in [-0.3, -0.25) is 9.80 Å². The first kappa shape index (κ1) is 25.9. The van der Waals surface area contributed by atoms with E-state index in [2.05, 4.69) is 145 Å². The third-order valence-electron chi connectivity index (χ3n) is 6.85. The van der Waals surface area contributed by atoms with E-state index in [1.807, 2.05) is 0 Å². The van der Waals surface area contributed by atoms with Crippen molar-refractivity contribution >= 4 is 0 Å². The van der Waals surface area contributed by atoms with Crippen molar-refractivity contribution in [2.75, 3.05) is 13.1 Å². The van der Waals surface area contributed by atoms with Crippen LogP contribution in [0.5, 0.6) is 0 Å². The highest BCUT2D eigenvalue weighted by atomic mass is 15.2. The largest absolute Gasteiger partial charge is 0.290 e. The zero-order valence-corrected chi connectivity index (χ0v) is 21.8. The molecular formula is C34H40N2. The van der Waals surface area contributed by atoms with Crippen LogP contribution in [0.4, 0.5) is 0 Å². The van der Waals surface area contributed by atoms with Gasteiger partial charge in [-0.05, 0) is 48.2 Å². The minimum Gasteiger partial charge on any atom is -0.290 e. The van der Waals surface area contributed by atoms with Crippen LogP contribution in [0, 0.1) is 0 Å². The highest BCUT2D eigenvalue weighted by molar-refractivity contribution is 5.29. The molecule has 36 heavy (non-hydrogen) atoms. The topological polar surface area (TPSA) is 6.48 Å². The molecule has 0 fully saturated rings. The van der Waals surface area contributed by atoms with Gasteiger partial charge in [-0.15, -0.1) is 0 Å². The van der Waals surface area contributed by atoms with Crippen LogP contribution < -0.4 is 0 Å². The zero-order chi connectivity index (χ0) is 25.0. The first-order valence-corrected chi connectivity index (χ1v) is 13.5. The second-order valence-electron chi connectivity index (χ2n) is 9.62. The molecule has 2 nitrogen and oxygen atoms in total. The van der Waals surface area contributed by atoms with Crippen LogP contribution in [-0.2, 0) is 13.1 Å². The van der Waals surface area contributed by atoms with Crippen LogP contribution >= 0.6 is 0 Å². The van der Waals surface area contributed by atoms with E-state index in [4.69, 9.17) is 0 Å². The second-order valence-corrected chi connectivity index (χ2v) is 9.62. The molecule has 186 valence electrons. The summed E-state index contributed by atoms with van der Waals surface area (Å²) in [4.78, 5) is 5.41. The molecule has 0 N–H and O–H groups in total. The van der Waals surface area contributed by atoms with E-state index < -0.39 is 0 Å². The van der Waals surface area contributed by atoms with Gasteiger partial charge in [0.2, 0.25) is 0 Å². The lowest BCUT2D eigenvalue weighted by molar-refractivity contribution is 0.0644. The van der Waals surface area contributed by atoms with E-state index in [9.17, 15) is 0 Å². The van der Waals surface area contributed by atoms with Crippen molar-refractivity contribution in [2.24, 2.45) is 0 Å². The fraction of sp³-hybridized carbons (Fsp3) is 0.294. The van der Waals surface area contributed by atoms with Crippen LogP contribution in [0.2, 0.25) is 0 Å². The number of rotatable bonds is 13. The summed E-state index contributed by atoms with van der Waals surface area (Å²) in [5.41, 5.74) is 5.49. The van der Waals surface area contributed by atoms with Crippen molar-refractivity contribution in [3.05, 3.63) is 144 Å². The molecule has 0 saturated heterocycles.